The molecule has 31 heavy (non-hydrogen) atoms. The van der Waals surface area contributed by atoms with Crippen molar-refractivity contribution in [2.75, 3.05) is 46.1 Å². The monoisotopic (exact) mass is 428 g/mol. The van der Waals surface area contributed by atoms with Crippen LogP contribution in [0.5, 0.6) is 0 Å². The van der Waals surface area contributed by atoms with Crippen molar-refractivity contribution in [2.45, 2.75) is 31.7 Å². The zero-order valence-electron chi connectivity index (χ0n) is 17.7. The summed E-state index contributed by atoms with van der Waals surface area (Å²) in [5, 5.41) is 7.69. The molecule has 2 atom stereocenters. The van der Waals surface area contributed by atoms with Gasteiger partial charge in [0.05, 0.1) is 19.8 Å². The van der Waals surface area contributed by atoms with E-state index in [2.05, 4.69) is 15.3 Å². The van der Waals surface area contributed by atoms with Gasteiger partial charge in [0.1, 0.15) is 11.5 Å². The second kappa shape index (κ2) is 9.06. The van der Waals surface area contributed by atoms with Crippen molar-refractivity contribution in [1.29, 1.82) is 0 Å². The first-order chi connectivity index (χ1) is 15.2. The zero-order valence-corrected chi connectivity index (χ0v) is 17.7. The van der Waals surface area contributed by atoms with Gasteiger partial charge in [0.2, 0.25) is 0 Å². The first-order valence-corrected chi connectivity index (χ1v) is 11.3. The average molecular weight is 429 g/mol. The van der Waals surface area contributed by atoms with Gasteiger partial charge < -0.3 is 14.8 Å². The van der Waals surface area contributed by atoms with Gasteiger partial charge in [0.25, 0.3) is 5.91 Å². The Morgan fingerprint density at radius 2 is 2.03 bits per heavy atom. The van der Waals surface area contributed by atoms with Crippen molar-refractivity contribution < 1.29 is 18.7 Å². The molecule has 0 saturated carbocycles. The van der Waals surface area contributed by atoms with Crippen LogP contribution in [-0.2, 0) is 22.3 Å². The predicted octanol–water partition coefficient (Wildman–Crippen LogP) is 1.97. The molecule has 7 nitrogen and oxygen atoms in total. The number of halogens is 1. The number of para-hydroxylation sites is 1. The van der Waals surface area contributed by atoms with Gasteiger partial charge in [0, 0.05) is 49.5 Å². The van der Waals surface area contributed by atoms with Gasteiger partial charge in [-0.15, -0.1) is 0 Å². The Morgan fingerprint density at radius 3 is 2.81 bits per heavy atom. The smallest absolute Gasteiger partial charge is 0.272 e. The van der Waals surface area contributed by atoms with Gasteiger partial charge in [-0.05, 0) is 37.8 Å². The normalized spacial score (nSPS) is 22.4. The molecular formula is C23H29FN4O3. The average Bonchev–Trinajstić information content (AvgIpc) is 3.54. The van der Waals surface area contributed by atoms with Crippen molar-refractivity contribution in [3.8, 4) is 5.69 Å². The standard InChI is InChI=1S/C23H29FN4O3/c24-18-5-1-2-6-20(18)28-19-7-3-4-17(19)22(26-28)23(29)25-14-21(16-8-11-31-15-16)27-9-12-30-13-10-27/h1-2,5-6,16,21H,3-4,7-15H2,(H,25,29). The second-order valence-electron chi connectivity index (χ2n) is 8.54. The lowest BCUT2D eigenvalue weighted by atomic mass is 9.96. The Hall–Kier alpha value is -2.29. The second-order valence-corrected chi connectivity index (χ2v) is 8.54. The Morgan fingerprint density at radius 1 is 1.19 bits per heavy atom. The van der Waals surface area contributed by atoms with Crippen LogP contribution in [0.3, 0.4) is 0 Å². The lowest BCUT2D eigenvalue weighted by Gasteiger charge is -2.37. The van der Waals surface area contributed by atoms with Crippen LogP contribution in [0.1, 0.15) is 34.6 Å². The van der Waals surface area contributed by atoms with Gasteiger partial charge in [0.15, 0.2) is 5.69 Å². The fourth-order valence-corrected chi connectivity index (χ4v) is 5.08. The molecular weight excluding hydrogens is 399 g/mol. The lowest BCUT2D eigenvalue weighted by Crippen LogP contribution is -2.52. The highest BCUT2D eigenvalue weighted by Gasteiger charge is 2.33. The molecule has 3 heterocycles. The van der Waals surface area contributed by atoms with Gasteiger partial charge in [-0.1, -0.05) is 12.1 Å². The van der Waals surface area contributed by atoms with Crippen LogP contribution < -0.4 is 5.32 Å². The highest BCUT2D eigenvalue weighted by atomic mass is 19.1. The molecule has 2 unspecified atom stereocenters. The highest BCUT2D eigenvalue weighted by Crippen LogP contribution is 2.29. The van der Waals surface area contributed by atoms with Gasteiger partial charge in [-0.3, -0.25) is 9.69 Å². The molecule has 1 amide bonds. The van der Waals surface area contributed by atoms with E-state index in [0.29, 0.717) is 23.8 Å². The molecule has 1 aliphatic carbocycles. The number of hydrogen-bond acceptors (Lipinski definition) is 5. The van der Waals surface area contributed by atoms with E-state index in [1.807, 2.05) is 0 Å². The molecule has 1 N–H and O–H groups in total. The molecule has 0 spiro atoms. The Labute approximate surface area is 181 Å². The third-order valence-electron chi connectivity index (χ3n) is 6.72. The number of morpholine rings is 1. The number of carbonyl (C=O) groups excluding carboxylic acids is 1. The number of aromatic nitrogens is 2. The predicted molar refractivity (Wildman–Crippen MR) is 113 cm³/mol. The molecule has 5 rings (SSSR count). The first-order valence-electron chi connectivity index (χ1n) is 11.3. The van der Waals surface area contributed by atoms with E-state index >= 15 is 0 Å². The van der Waals surface area contributed by atoms with Gasteiger partial charge in [-0.2, -0.15) is 5.10 Å². The fourth-order valence-electron chi connectivity index (χ4n) is 5.08. The minimum absolute atomic E-state index is 0.176. The minimum atomic E-state index is -0.333. The fraction of sp³-hybridized carbons (Fsp3) is 0.565. The highest BCUT2D eigenvalue weighted by molar-refractivity contribution is 5.94. The number of carbonyl (C=O) groups is 1. The molecule has 0 bridgehead atoms. The number of fused-ring (bicyclic) bond motifs is 1. The molecule has 3 aliphatic rings. The van der Waals surface area contributed by atoms with Crippen LogP contribution in [0.25, 0.3) is 5.69 Å². The summed E-state index contributed by atoms with van der Waals surface area (Å²) in [4.78, 5) is 15.6. The number of benzene rings is 1. The Kier molecular flexibility index (Phi) is 6.02. The summed E-state index contributed by atoms with van der Waals surface area (Å²) in [5.41, 5.74) is 2.73. The first kappa shape index (κ1) is 20.6. The quantitative estimate of drug-likeness (QED) is 0.762. The lowest BCUT2D eigenvalue weighted by molar-refractivity contribution is 0.00165. The van der Waals surface area contributed by atoms with Gasteiger partial charge >= 0.3 is 0 Å². The summed E-state index contributed by atoms with van der Waals surface area (Å²) in [6, 6.07) is 6.80. The maximum absolute atomic E-state index is 14.4. The van der Waals surface area contributed by atoms with E-state index in [1.54, 1.807) is 22.9 Å². The van der Waals surface area contributed by atoms with Crippen molar-refractivity contribution in [3.63, 3.8) is 0 Å². The van der Waals surface area contributed by atoms with E-state index in [4.69, 9.17) is 9.47 Å². The zero-order chi connectivity index (χ0) is 21.2. The van der Waals surface area contributed by atoms with Crippen molar-refractivity contribution >= 4 is 5.91 Å². The summed E-state index contributed by atoms with van der Waals surface area (Å²) in [7, 11) is 0. The van der Waals surface area contributed by atoms with Crippen molar-refractivity contribution in [3.05, 3.63) is 47.0 Å². The number of hydrogen-bond donors (Lipinski definition) is 1. The summed E-state index contributed by atoms with van der Waals surface area (Å²) < 4.78 is 27.2. The number of nitrogens with one attached hydrogen (secondary N) is 1. The molecule has 0 radical (unpaired) electrons. The van der Waals surface area contributed by atoms with E-state index in [-0.39, 0.29) is 17.8 Å². The molecule has 2 aliphatic heterocycles. The van der Waals surface area contributed by atoms with Crippen LogP contribution in [0, 0.1) is 11.7 Å². The van der Waals surface area contributed by atoms with Crippen LogP contribution in [0.4, 0.5) is 4.39 Å². The number of ether oxygens (including phenoxy) is 2. The molecule has 1 aromatic heterocycles. The number of rotatable bonds is 6. The third-order valence-corrected chi connectivity index (χ3v) is 6.72. The molecule has 1 aromatic carbocycles. The van der Waals surface area contributed by atoms with E-state index < -0.39 is 0 Å². The number of nitrogens with zero attached hydrogens (tertiary/aromatic N) is 3. The topological polar surface area (TPSA) is 68.6 Å². The van der Waals surface area contributed by atoms with Crippen molar-refractivity contribution in [2.24, 2.45) is 5.92 Å². The molecule has 8 heteroatoms. The Bertz CT molecular complexity index is 935. The molecule has 2 saturated heterocycles. The number of amides is 1. The minimum Gasteiger partial charge on any atom is -0.381 e. The molecule has 2 fully saturated rings. The Balaban J connectivity index is 1.35. The van der Waals surface area contributed by atoms with E-state index in [9.17, 15) is 9.18 Å². The third kappa shape index (κ3) is 4.12. The summed E-state index contributed by atoms with van der Waals surface area (Å²) in [6.07, 6.45) is 3.57. The van der Waals surface area contributed by atoms with Gasteiger partial charge in [-0.25, -0.2) is 9.07 Å². The summed E-state index contributed by atoms with van der Waals surface area (Å²) in [5.74, 6) is -0.106. The molecule has 2 aromatic rings. The SMILES string of the molecule is O=C(NCC(C1CCOC1)N1CCOCC1)c1nn(-c2ccccc2F)c2c1CCC2. The van der Waals surface area contributed by atoms with Crippen LogP contribution in [0.2, 0.25) is 0 Å². The molecule has 166 valence electrons. The van der Waals surface area contributed by atoms with Crippen LogP contribution in [-0.4, -0.2) is 72.7 Å². The van der Waals surface area contributed by atoms with Crippen molar-refractivity contribution in [1.82, 2.24) is 20.0 Å². The van der Waals surface area contributed by atoms with Crippen LogP contribution >= 0.6 is 0 Å². The maximum Gasteiger partial charge on any atom is 0.272 e. The van der Waals surface area contributed by atoms with Crippen LogP contribution in [0.15, 0.2) is 24.3 Å². The van der Waals surface area contributed by atoms with E-state index in [1.165, 1.54) is 6.07 Å². The summed E-state index contributed by atoms with van der Waals surface area (Å²) >= 11 is 0. The largest absolute Gasteiger partial charge is 0.381 e. The van der Waals surface area contributed by atoms with E-state index in [0.717, 1.165) is 76.5 Å². The maximum atomic E-state index is 14.4. The summed E-state index contributed by atoms with van der Waals surface area (Å²) in [6.45, 7) is 5.24.